The van der Waals surface area contributed by atoms with Crippen molar-refractivity contribution in [1.29, 1.82) is 0 Å². The molecule has 3 heterocycles. The zero-order valence-electron chi connectivity index (χ0n) is 16.6. The van der Waals surface area contributed by atoms with E-state index in [9.17, 15) is 4.79 Å². The van der Waals surface area contributed by atoms with Gasteiger partial charge in [0.05, 0.1) is 6.04 Å². The highest BCUT2D eigenvalue weighted by atomic mass is 16.1. The molecule has 0 spiro atoms. The van der Waals surface area contributed by atoms with Gasteiger partial charge in [-0.3, -0.25) is 4.79 Å². The molecule has 6 nitrogen and oxygen atoms in total. The summed E-state index contributed by atoms with van der Waals surface area (Å²) in [5.74, 6) is 2.12. The molecule has 2 saturated heterocycles. The van der Waals surface area contributed by atoms with E-state index in [1.807, 2.05) is 25.1 Å². The van der Waals surface area contributed by atoms with Crippen molar-refractivity contribution in [2.75, 3.05) is 36.0 Å². The summed E-state index contributed by atoms with van der Waals surface area (Å²) >= 11 is 0. The third-order valence-corrected chi connectivity index (χ3v) is 5.91. The van der Waals surface area contributed by atoms with E-state index < -0.39 is 0 Å². The standard InChI is InChI=1S/C22H29N5O/c1-17(18-7-3-2-4-8-18)23-22(28)19-11-15-27(16-12-19)21-10-9-20(24-25-21)26-13-5-6-14-26/h2-4,7-10,17,19H,5-6,11-16H2,1H3,(H,23,28). The normalized spacial score (nSPS) is 18.9. The summed E-state index contributed by atoms with van der Waals surface area (Å²) in [6.07, 6.45) is 4.18. The topological polar surface area (TPSA) is 61.4 Å². The van der Waals surface area contributed by atoms with Gasteiger partial charge in [0, 0.05) is 32.1 Å². The number of carbonyl (C=O) groups excluding carboxylic acids is 1. The van der Waals surface area contributed by atoms with Crippen LogP contribution in [-0.2, 0) is 4.79 Å². The molecule has 2 aliphatic heterocycles. The molecule has 1 amide bonds. The van der Waals surface area contributed by atoms with Crippen molar-refractivity contribution in [3.8, 4) is 0 Å². The van der Waals surface area contributed by atoms with Crippen molar-refractivity contribution < 1.29 is 4.79 Å². The van der Waals surface area contributed by atoms with Crippen molar-refractivity contribution in [2.24, 2.45) is 5.92 Å². The number of aromatic nitrogens is 2. The zero-order valence-corrected chi connectivity index (χ0v) is 16.6. The number of benzene rings is 1. The predicted molar refractivity (Wildman–Crippen MR) is 111 cm³/mol. The van der Waals surface area contributed by atoms with Crippen molar-refractivity contribution in [2.45, 2.75) is 38.6 Å². The Bertz CT molecular complexity index is 765. The van der Waals surface area contributed by atoms with Gasteiger partial charge in [0.25, 0.3) is 0 Å². The first-order valence-corrected chi connectivity index (χ1v) is 10.4. The molecule has 0 radical (unpaired) electrons. The fourth-order valence-corrected chi connectivity index (χ4v) is 4.13. The molecule has 2 aliphatic rings. The van der Waals surface area contributed by atoms with E-state index in [0.717, 1.165) is 56.2 Å². The Morgan fingerprint density at radius 1 is 0.929 bits per heavy atom. The summed E-state index contributed by atoms with van der Waals surface area (Å²) in [6, 6.07) is 14.3. The van der Waals surface area contributed by atoms with Crippen LogP contribution in [0.3, 0.4) is 0 Å². The largest absolute Gasteiger partial charge is 0.355 e. The Morgan fingerprint density at radius 2 is 1.50 bits per heavy atom. The van der Waals surface area contributed by atoms with Crippen LogP contribution in [-0.4, -0.2) is 42.3 Å². The van der Waals surface area contributed by atoms with Crippen LogP contribution in [0.5, 0.6) is 0 Å². The van der Waals surface area contributed by atoms with E-state index in [1.54, 1.807) is 0 Å². The van der Waals surface area contributed by atoms with Gasteiger partial charge in [-0.2, -0.15) is 0 Å². The highest BCUT2D eigenvalue weighted by molar-refractivity contribution is 5.79. The number of anilines is 2. The van der Waals surface area contributed by atoms with E-state index in [1.165, 1.54) is 12.8 Å². The van der Waals surface area contributed by atoms with Crippen molar-refractivity contribution in [1.82, 2.24) is 15.5 Å². The fraction of sp³-hybridized carbons (Fsp3) is 0.500. The quantitative estimate of drug-likeness (QED) is 0.865. The minimum atomic E-state index is 0.0377. The smallest absolute Gasteiger partial charge is 0.223 e. The fourth-order valence-electron chi connectivity index (χ4n) is 4.13. The maximum Gasteiger partial charge on any atom is 0.223 e. The molecule has 4 rings (SSSR count). The molecule has 148 valence electrons. The Labute approximate surface area is 166 Å². The summed E-state index contributed by atoms with van der Waals surface area (Å²) in [5.41, 5.74) is 1.14. The monoisotopic (exact) mass is 379 g/mol. The molecule has 0 aliphatic carbocycles. The van der Waals surface area contributed by atoms with Crippen LogP contribution >= 0.6 is 0 Å². The van der Waals surface area contributed by atoms with Crippen LogP contribution in [0.1, 0.15) is 44.2 Å². The van der Waals surface area contributed by atoms with Gasteiger partial charge >= 0.3 is 0 Å². The minimum absolute atomic E-state index is 0.0377. The first kappa shape index (κ1) is 18.7. The van der Waals surface area contributed by atoms with Crippen LogP contribution < -0.4 is 15.1 Å². The van der Waals surface area contributed by atoms with Crippen molar-refractivity contribution >= 4 is 17.5 Å². The number of piperidine rings is 1. The number of rotatable bonds is 5. The molecule has 28 heavy (non-hydrogen) atoms. The van der Waals surface area contributed by atoms with E-state index in [4.69, 9.17) is 0 Å². The Morgan fingerprint density at radius 3 is 2.07 bits per heavy atom. The van der Waals surface area contributed by atoms with Gasteiger partial charge in [-0.1, -0.05) is 30.3 Å². The summed E-state index contributed by atoms with van der Waals surface area (Å²) in [5, 5.41) is 12.0. The zero-order chi connectivity index (χ0) is 19.3. The van der Waals surface area contributed by atoms with Gasteiger partial charge in [0.1, 0.15) is 0 Å². The first-order valence-electron chi connectivity index (χ1n) is 10.4. The molecular formula is C22H29N5O. The molecule has 1 unspecified atom stereocenters. The third kappa shape index (κ3) is 4.26. The number of nitrogens with one attached hydrogen (secondary N) is 1. The second-order valence-electron chi connectivity index (χ2n) is 7.85. The average Bonchev–Trinajstić information content (AvgIpc) is 3.29. The van der Waals surface area contributed by atoms with Crippen LogP contribution in [0.15, 0.2) is 42.5 Å². The lowest BCUT2D eigenvalue weighted by Crippen LogP contribution is -2.41. The molecule has 1 aromatic heterocycles. The summed E-state index contributed by atoms with van der Waals surface area (Å²) in [7, 11) is 0. The second kappa shape index (κ2) is 8.59. The average molecular weight is 380 g/mol. The van der Waals surface area contributed by atoms with E-state index >= 15 is 0 Å². The van der Waals surface area contributed by atoms with Gasteiger partial charge in [-0.25, -0.2) is 0 Å². The lowest BCUT2D eigenvalue weighted by atomic mass is 9.95. The van der Waals surface area contributed by atoms with Gasteiger partial charge in [0.15, 0.2) is 11.6 Å². The molecule has 1 aromatic carbocycles. The number of amides is 1. The number of nitrogens with zero attached hydrogens (tertiary/aromatic N) is 4. The first-order chi connectivity index (χ1) is 13.7. The molecule has 2 aromatic rings. The van der Waals surface area contributed by atoms with Crippen LogP contribution in [0.2, 0.25) is 0 Å². The van der Waals surface area contributed by atoms with Gasteiger partial charge in [-0.05, 0) is 50.3 Å². The SMILES string of the molecule is CC(NC(=O)C1CCN(c2ccc(N3CCCC3)nn2)CC1)c1ccccc1. The van der Waals surface area contributed by atoms with Crippen LogP contribution in [0.4, 0.5) is 11.6 Å². The van der Waals surface area contributed by atoms with Gasteiger partial charge in [0.2, 0.25) is 5.91 Å². The number of hydrogen-bond acceptors (Lipinski definition) is 5. The van der Waals surface area contributed by atoms with E-state index in [-0.39, 0.29) is 17.9 Å². The Kier molecular flexibility index (Phi) is 5.74. The Balaban J connectivity index is 1.28. The van der Waals surface area contributed by atoms with E-state index in [2.05, 4.69) is 49.6 Å². The lowest BCUT2D eigenvalue weighted by molar-refractivity contribution is -0.126. The number of carbonyl (C=O) groups is 1. The highest BCUT2D eigenvalue weighted by Crippen LogP contribution is 2.24. The van der Waals surface area contributed by atoms with Crippen molar-refractivity contribution in [3.05, 3.63) is 48.0 Å². The van der Waals surface area contributed by atoms with E-state index in [0.29, 0.717) is 0 Å². The molecule has 0 saturated carbocycles. The predicted octanol–water partition coefficient (Wildman–Crippen LogP) is 3.17. The molecule has 1 N–H and O–H groups in total. The van der Waals surface area contributed by atoms with Gasteiger partial charge in [-0.15, -0.1) is 10.2 Å². The molecule has 2 fully saturated rings. The van der Waals surface area contributed by atoms with Gasteiger partial charge < -0.3 is 15.1 Å². The maximum atomic E-state index is 12.7. The Hall–Kier alpha value is -2.63. The van der Waals surface area contributed by atoms with Crippen LogP contribution in [0.25, 0.3) is 0 Å². The second-order valence-corrected chi connectivity index (χ2v) is 7.85. The highest BCUT2D eigenvalue weighted by Gasteiger charge is 2.27. The molecule has 1 atom stereocenters. The molecular weight excluding hydrogens is 350 g/mol. The summed E-state index contributed by atoms with van der Waals surface area (Å²) in [6.45, 7) is 5.89. The lowest BCUT2D eigenvalue weighted by Gasteiger charge is -2.32. The van der Waals surface area contributed by atoms with Crippen LogP contribution in [0, 0.1) is 5.92 Å². The summed E-state index contributed by atoms with van der Waals surface area (Å²) < 4.78 is 0. The molecule has 6 heteroatoms. The maximum absolute atomic E-state index is 12.7. The molecule has 0 bridgehead atoms. The van der Waals surface area contributed by atoms with Crippen molar-refractivity contribution in [3.63, 3.8) is 0 Å². The number of hydrogen-bond donors (Lipinski definition) is 1. The minimum Gasteiger partial charge on any atom is -0.355 e. The third-order valence-electron chi connectivity index (χ3n) is 5.91. The summed E-state index contributed by atoms with van der Waals surface area (Å²) in [4.78, 5) is 17.2.